The van der Waals surface area contributed by atoms with Crippen LogP contribution in [0.5, 0.6) is 11.5 Å². The van der Waals surface area contributed by atoms with Gasteiger partial charge >= 0.3 is 0 Å². The van der Waals surface area contributed by atoms with Gasteiger partial charge in [0.25, 0.3) is 0 Å². The van der Waals surface area contributed by atoms with E-state index in [4.69, 9.17) is 9.47 Å². The highest BCUT2D eigenvalue weighted by atomic mass is 127. The summed E-state index contributed by atoms with van der Waals surface area (Å²) in [6.07, 6.45) is 0. The minimum Gasteiger partial charge on any atom is -0.496 e. The maximum Gasteiger partial charge on any atom is 0.133 e. The highest BCUT2D eigenvalue weighted by Crippen LogP contribution is 2.44. The number of rotatable bonds is 9. The summed E-state index contributed by atoms with van der Waals surface area (Å²) in [4.78, 5) is 0. The van der Waals surface area contributed by atoms with E-state index in [0.717, 1.165) is 26.2 Å². The van der Waals surface area contributed by atoms with Crippen molar-refractivity contribution in [2.24, 2.45) is 0 Å². The SMILES string of the molecule is COc1ccc(OC)c(-c2cc(C(c3ccccc3)c3ccccc3)cc(C(c3ccccc3)c3ccccc3)c2)c1I. The van der Waals surface area contributed by atoms with E-state index in [-0.39, 0.29) is 11.8 Å². The molecule has 6 aromatic carbocycles. The Morgan fingerprint density at radius 1 is 0.419 bits per heavy atom. The molecular formula is C40H33IO2. The summed E-state index contributed by atoms with van der Waals surface area (Å²) in [5.41, 5.74) is 9.58. The molecule has 0 fully saturated rings. The van der Waals surface area contributed by atoms with Gasteiger partial charge in [0, 0.05) is 17.4 Å². The van der Waals surface area contributed by atoms with Crippen molar-refractivity contribution in [3.8, 4) is 22.6 Å². The van der Waals surface area contributed by atoms with Crippen LogP contribution in [0.1, 0.15) is 45.2 Å². The standard InChI is InChI=1S/C40H33IO2/c1-42-35-23-24-36(43-2)40(41)39(35)34-26-32(37(28-15-7-3-8-16-28)29-17-9-4-10-18-29)25-33(27-34)38(30-19-11-5-12-20-30)31-21-13-6-14-22-31/h3-27,37-38H,1-2H3. The molecule has 0 bridgehead atoms. The van der Waals surface area contributed by atoms with Gasteiger partial charge in [-0.2, -0.15) is 0 Å². The largest absolute Gasteiger partial charge is 0.496 e. The van der Waals surface area contributed by atoms with Crippen molar-refractivity contribution in [3.05, 3.63) is 189 Å². The Kier molecular flexibility index (Phi) is 8.90. The van der Waals surface area contributed by atoms with Gasteiger partial charge in [-0.15, -0.1) is 0 Å². The van der Waals surface area contributed by atoms with Crippen LogP contribution in [0.4, 0.5) is 0 Å². The molecule has 43 heavy (non-hydrogen) atoms. The van der Waals surface area contributed by atoms with E-state index < -0.39 is 0 Å². The summed E-state index contributed by atoms with van der Waals surface area (Å²) in [6.45, 7) is 0. The predicted molar refractivity (Wildman–Crippen MR) is 185 cm³/mol. The predicted octanol–water partition coefficient (Wildman–Crippen LogP) is 10.3. The van der Waals surface area contributed by atoms with E-state index in [9.17, 15) is 0 Å². The summed E-state index contributed by atoms with van der Waals surface area (Å²) in [7, 11) is 3.46. The molecule has 0 spiro atoms. The van der Waals surface area contributed by atoms with Gasteiger partial charge in [-0.3, -0.25) is 0 Å². The third kappa shape index (κ3) is 6.09. The summed E-state index contributed by atoms with van der Waals surface area (Å²) < 4.78 is 12.8. The van der Waals surface area contributed by atoms with E-state index in [1.807, 2.05) is 12.1 Å². The first-order valence-corrected chi connectivity index (χ1v) is 15.5. The molecular weight excluding hydrogens is 639 g/mol. The molecule has 0 aliphatic carbocycles. The van der Waals surface area contributed by atoms with Gasteiger partial charge in [0.1, 0.15) is 11.5 Å². The Morgan fingerprint density at radius 3 is 1.12 bits per heavy atom. The maximum absolute atomic E-state index is 5.96. The van der Waals surface area contributed by atoms with Gasteiger partial charge < -0.3 is 9.47 Å². The minimum absolute atomic E-state index is 0.0440. The zero-order chi connectivity index (χ0) is 29.6. The maximum atomic E-state index is 5.96. The van der Waals surface area contributed by atoms with Crippen molar-refractivity contribution in [2.45, 2.75) is 11.8 Å². The van der Waals surface area contributed by atoms with Gasteiger partial charge in [-0.1, -0.05) is 127 Å². The number of hydrogen-bond acceptors (Lipinski definition) is 2. The first-order chi connectivity index (χ1) is 21.2. The molecule has 0 unspecified atom stereocenters. The first kappa shape index (κ1) is 28.8. The van der Waals surface area contributed by atoms with Crippen LogP contribution in [0.25, 0.3) is 11.1 Å². The van der Waals surface area contributed by atoms with Crippen LogP contribution >= 0.6 is 22.6 Å². The third-order valence-corrected chi connectivity index (χ3v) is 9.04. The Bertz CT molecular complexity index is 1610. The second kappa shape index (κ2) is 13.3. The number of benzene rings is 6. The van der Waals surface area contributed by atoms with Gasteiger partial charge in [0.15, 0.2) is 0 Å². The third-order valence-electron chi connectivity index (χ3n) is 7.97. The Hall–Kier alpha value is -4.35. The molecule has 3 heteroatoms. The summed E-state index contributed by atoms with van der Waals surface area (Å²) in [6, 6.07) is 54.2. The second-order valence-electron chi connectivity index (χ2n) is 10.6. The van der Waals surface area contributed by atoms with Crippen molar-refractivity contribution < 1.29 is 9.47 Å². The summed E-state index contributed by atoms with van der Waals surface area (Å²) in [5, 5.41) is 0. The second-order valence-corrected chi connectivity index (χ2v) is 11.6. The lowest BCUT2D eigenvalue weighted by Gasteiger charge is -2.25. The van der Waals surface area contributed by atoms with E-state index in [1.54, 1.807) is 14.2 Å². The lowest BCUT2D eigenvalue weighted by Crippen LogP contribution is -2.08. The van der Waals surface area contributed by atoms with E-state index in [1.165, 1.54) is 33.4 Å². The average Bonchev–Trinajstić information content (AvgIpc) is 3.07. The lowest BCUT2D eigenvalue weighted by molar-refractivity contribution is 0.402. The van der Waals surface area contributed by atoms with E-state index >= 15 is 0 Å². The number of ether oxygens (including phenoxy) is 2. The van der Waals surface area contributed by atoms with Crippen LogP contribution in [0.15, 0.2) is 152 Å². The van der Waals surface area contributed by atoms with Gasteiger partial charge in [0.05, 0.1) is 17.8 Å². The average molecular weight is 673 g/mol. The summed E-state index contributed by atoms with van der Waals surface area (Å²) >= 11 is 2.39. The lowest BCUT2D eigenvalue weighted by atomic mass is 9.79. The zero-order valence-electron chi connectivity index (χ0n) is 24.3. The Labute approximate surface area is 268 Å². The van der Waals surface area contributed by atoms with Crippen LogP contribution in [-0.2, 0) is 0 Å². The molecule has 0 N–H and O–H groups in total. The number of halogens is 1. The zero-order valence-corrected chi connectivity index (χ0v) is 26.4. The van der Waals surface area contributed by atoms with Gasteiger partial charge in [-0.05, 0) is 85.8 Å². The smallest absolute Gasteiger partial charge is 0.133 e. The summed E-state index contributed by atoms with van der Waals surface area (Å²) in [5.74, 6) is 1.74. The molecule has 6 rings (SSSR count). The fraction of sp³-hybridized carbons (Fsp3) is 0.100. The molecule has 0 amide bonds. The number of hydrogen-bond donors (Lipinski definition) is 0. The molecule has 212 valence electrons. The van der Waals surface area contributed by atoms with Crippen LogP contribution < -0.4 is 9.47 Å². The molecule has 0 aliphatic heterocycles. The minimum atomic E-state index is 0.0440. The molecule has 0 heterocycles. The topological polar surface area (TPSA) is 18.5 Å². The molecule has 2 nitrogen and oxygen atoms in total. The van der Waals surface area contributed by atoms with Crippen molar-refractivity contribution in [2.75, 3.05) is 14.2 Å². The Morgan fingerprint density at radius 2 is 0.767 bits per heavy atom. The quantitative estimate of drug-likeness (QED) is 0.112. The normalized spacial score (nSPS) is 11.1. The molecule has 0 atom stereocenters. The van der Waals surface area contributed by atoms with Gasteiger partial charge in [0.2, 0.25) is 0 Å². The Balaban J connectivity index is 1.68. The fourth-order valence-electron chi connectivity index (χ4n) is 6.03. The van der Waals surface area contributed by atoms with Crippen molar-refractivity contribution >= 4 is 22.6 Å². The molecule has 0 saturated heterocycles. The molecule has 0 saturated carbocycles. The molecule has 0 radical (unpaired) electrons. The van der Waals surface area contributed by atoms with Crippen LogP contribution in [0, 0.1) is 3.57 Å². The van der Waals surface area contributed by atoms with Crippen LogP contribution in [-0.4, -0.2) is 14.2 Å². The molecule has 0 aliphatic rings. The van der Waals surface area contributed by atoms with Crippen molar-refractivity contribution in [3.63, 3.8) is 0 Å². The van der Waals surface area contributed by atoms with E-state index in [0.29, 0.717) is 0 Å². The molecule has 0 aromatic heterocycles. The van der Waals surface area contributed by atoms with Crippen LogP contribution in [0.2, 0.25) is 0 Å². The van der Waals surface area contributed by atoms with Gasteiger partial charge in [-0.25, -0.2) is 0 Å². The van der Waals surface area contributed by atoms with Crippen LogP contribution in [0.3, 0.4) is 0 Å². The molecule has 6 aromatic rings. The highest BCUT2D eigenvalue weighted by Gasteiger charge is 2.24. The highest BCUT2D eigenvalue weighted by molar-refractivity contribution is 14.1. The monoisotopic (exact) mass is 672 g/mol. The first-order valence-electron chi connectivity index (χ1n) is 14.4. The van der Waals surface area contributed by atoms with Crippen molar-refractivity contribution in [1.29, 1.82) is 0 Å². The van der Waals surface area contributed by atoms with Crippen molar-refractivity contribution in [1.82, 2.24) is 0 Å². The number of methoxy groups -OCH3 is 2. The fourth-order valence-corrected chi connectivity index (χ4v) is 7.00. The van der Waals surface area contributed by atoms with E-state index in [2.05, 4.69) is 162 Å².